The van der Waals surface area contributed by atoms with Gasteiger partial charge in [-0.05, 0) is 38.1 Å². The predicted octanol–water partition coefficient (Wildman–Crippen LogP) is 3.68. The largest absolute Gasteiger partial charge is 0.360 e. The van der Waals surface area contributed by atoms with Crippen LogP contribution in [0.1, 0.15) is 21.8 Å². The molecule has 2 aromatic heterocycles. The number of aryl methyl sites for hydroxylation is 2. The van der Waals surface area contributed by atoms with E-state index >= 15 is 0 Å². The molecule has 0 saturated carbocycles. The van der Waals surface area contributed by atoms with Crippen molar-refractivity contribution in [3.63, 3.8) is 0 Å². The molecule has 0 aliphatic rings. The number of pyridine rings is 1. The maximum atomic E-state index is 12.1. The Balaban J connectivity index is 1.66. The van der Waals surface area contributed by atoms with Gasteiger partial charge in [-0.1, -0.05) is 22.9 Å². The van der Waals surface area contributed by atoms with Gasteiger partial charge in [0, 0.05) is 11.8 Å². The van der Waals surface area contributed by atoms with Gasteiger partial charge in [0.25, 0.3) is 5.91 Å². The molecule has 0 radical (unpaired) electrons. The second kappa shape index (κ2) is 6.31. The van der Waals surface area contributed by atoms with Gasteiger partial charge < -0.3 is 15.2 Å². The summed E-state index contributed by atoms with van der Waals surface area (Å²) in [5.41, 5.74) is 3.28. The zero-order valence-electron chi connectivity index (χ0n) is 12.8. The van der Waals surface area contributed by atoms with Crippen LogP contribution < -0.4 is 10.6 Å². The van der Waals surface area contributed by atoms with E-state index in [1.807, 2.05) is 31.2 Å². The maximum absolute atomic E-state index is 12.1. The van der Waals surface area contributed by atoms with E-state index in [1.54, 1.807) is 31.3 Å². The van der Waals surface area contributed by atoms with Gasteiger partial charge in [0.05, 0.1) is 11.9 Å². The van der Waals surface area contributed by atoms with Gasteiger partial charge in [-0.25, -0.2) is 4.98 Å². The molecule has 0 bridgehead atoms. The minimum atomic E-state index is -0.333. The molecule has 0 fully saturated rings. The highest BCUT2D eigenvalue weighted by atomic mass is 16.5. The summed E-state index contributed by atoms with van der Waals surface area (Å²) in [6.07, 6.45) is 1.61. The number of nitrogens with zero attached hydrogens (tertiary/aromatic N) is 2. The molecule has 23 heavy (non-hydrogen) atoms. The molecular weight excluding hydrogens is 292 g/mol. The summed E-state index contributed by atoms with van der Waals surface area (Å²) >= 11 is 0. The summed E-state index contributed by atoms with van der Waals surface area (Å²) in [6, 6.07) is 13.1. The lowest BCUT2D eigenvalue weighted by Crippen LogP contribution is -2.13. The molecule has 2 heterocycles. The Morgan fingerprint density at radius 2 is 1.78 bits per heavy atom. The van der Waals surface area contributed by atoms with Crippen molar-refractivity contribution >= 4 is 23.1 Å². The fraction of sp³-hybridized carbons (Fsp3) is 0.118. The number of benzene rings is 1. The van der Waals surface area contributed by atoms with Crippen molar-refractivity contribution in [1.82, 2.24) is 10.1 Å². The van der Waals surface area contributed by atoms with Gasteiger partial charge in [-0.2, -0.15) is 0 Å². The van der Waals surface area contributed by atoms with Crippen LogP contribution in [0.4, 0.5) is 17.2 Å². The number of aromatic nitrogens is 2. The van der Waals surface area contributed by atoms with Crippen molar-refractivity contribution in [3.8, 4) is 0 Å². The average molecular weight is 308 g/mol. The normalized spacial score (nSPS) is 10.3. The summed E-state index contributed by atoms with van der Waals surface area (Å²) in [7, 11) is 0. The first-order valence-corrected chi connectivity index (χ1v) is 7.14. The summed E-state index contributed by atoms with van der Waals surface area (Å²) < 4.78 is 4.90. The highest BCUT2D eigenvalue weighted by Crippen LogP contribution is 2.17. The molecule has 0 aliphatic heterocycles. The molecule has 3 rings (SSSR count). The van der Waals surface area contributed by atoms with E-state index < -0.39 is 0 Å². The first-order valence-electron chi connectivity index (χ1n) is 7.14. The minimum absolute atomic E-state index is 0.306. The molecule has 0 atom stereocenters. The van der Waals surface area contributed by atoms with Crippen LogP contribution in [0.2, 0.25) is 0 Å². The lowest BCUT2D eigenvalue weighted by molar-refractivity contribution is 0.102. The SMILES string of the molecule is Cc1ccc(Nc2ccc(C(=O)Nc3cc(C)on3)nc2)cc1. The summed E-state index contributed by atoms with van der Waals surface area (Å²) in [5, 5.41) is 9.57. The Kier molecular flexibility index (Phi) is 4.05. The van der Waals surface area contributed by atoms with Crippen LogP contribution in [-0.4, -0.2) is 16.0 Å². The fourth-order valence-corrected chi connectivity index (χ4v) is 2.01. The van der Waals surface area contributed by atoms with E-state index in [0.29, 0.717) is 17.3 Å². The quantitative estimate of drug-likeness (QED) is 0.768. The van der Waals surface area contributed by atoms with Gasteiger partial charge in [0.15, 0.2) is 5.82 Å². The molecule has 0 unspecified atom stereocenters. The summed E-state index contributed by atoms with van der Waals surface area (Å²) in [6.45, 7) is 3.79. The third-order valence-electron chi connectivity index (χ3n) is 3.21. The van der Waals surface area contributed by atoms with Gasteiger partial charge in [0.2, 0.25) is 0 Å². The van der Waals surface area contributed by atoms with Crippen molar-refractivity contribution in [2.45, 2.75) is 13.8 Å². The lowest BCUT2D eigenvalue weighted by atomic mass is 10.2. The summed E-state index contributed by atoms with van der Waals surface area (Å²) in [5.74, 6) is 0.669. The zero-order chi connectivity index (χ0) is 16.2. The standard InChI is InChI=1S/C17H16N4O2/c1-11-3-5-13(6-4-11)19-14-7-8-15(18-10-14)17(22)20-16-9-12(2)23-21-16/h3-10,19H,1-2H3,(H,20,21,22). The average Bonchev–Trinajstić information content (AvgIpc) is 2.95. The van der Waals surface area contributed by atoms with Crippen molar-refractivity contribution in [1.29, 1.82) is 0 Å². The number of hydrogen-bond donors (Lipinski definition) is 2. The van der Waals surface area contributed by atoms with Crippen LogP contribution in [-0.2, 0) is 0 Å². The Labute approximate surface area is 133 Å². The van der Waals surface area contributed by atoms with Gasteiger partial charge in [-0.3, -0.25) is 4.79 Å². The topological polar surface area (TPSA) is 80.0 Å². The van der Waals surface area contributed by atoms with Crippen molar-refractivity contribution < 1.29 is 9.32 Å². The van der Waals surface area contributed by atoms with Gasteiger partial charge in [-0.15, -0.1) is 0 Å². The first-order chi connectivity index (χ1) is 11.1. The molecular formula is C17H16N4O2. The Bertz CT molecular complexity index is 807. The van der Waals surface area contributed by atoms with Crippen LogP contribution in [0.25, 0.3) is 0 Å². The van der Waals surface area contributed by atoms with E-state index in [2.05, 4.69) is 20.8 Å². The van der Waals surface area contributed by atoms with Crippen molar-refractivity contribution in [2.75, 3.05) is 10.6 Å². The van der Waals surface area contributed by atoms with Crippen LogP contribution in [0, 0.1) is 13.8 Å². The molecule has 0 spiro atoms. The Morgan fingerprint density at radius 3 is 2.39 bits per heavy atom. The zero-order valence-corrected chi connectivity index (χ0v) is 12.8. The lowest BCUT2D eigenvalue weighted by Gasteiger charge is -2.07. The molecule has 6 heteroatoms. The van der Waals surface area contributed by atoms with E-state index in [-0.39, 0.29) is 5.91 Å². The molecule has 0 aliphatic carbocycles. The second-order valence-corrected chi connectivity index (χ2v) is 5.20. The predicted molar refractivity (Wildman–Crippen MR) is 87.9 cm³/mol. The van der Waals surface area contributed by atoms with Crippen molar-refractivity contribution in [2.24, 2.45) is 0 Å². The van der Waals surface area contributed by atoms with Gasteiger partial charge in [0.1, 0.15) is 11.5 Å². The molecule has 116 valence electrons. The van der Waals surface area contributed by atoms with Crippen molar-refractivity contribution in [3.05, 3.63) is 65.7 Å². The van der Waals surface area contributed by atoms with Gasteiger partial charge >= 0.3 is 0 Å². The number of carbonyl (C=O) groups is 1. The number of rotatable bonds is 4. The van der Waals surface area contributed by atoms with Crippen LogP contribution in [0.15, 0.2) is 53.2 Å². The number of hydrogen-bond acceptors (Lipinski definition) is 5. The first kappa shape index (κ1) is 14.8. The molecule has 2 N–H and O–H groups in total. The smallest absolute Gasteiger partial charge is 0.275 e. The molecule has 1 amide bonds. The highest BCUT2D eigenvalue weighted by Gasteiger charge is 2.10. The minimum Gasteiger partial charge on any atom is -0.360 e. The monoisotopic (exact) mass is 308 g/mol. The molecule has 0 saturated heterocycles. The summed E-state index contributed by atoms with van der Waals surface area (Å²) in [4.78, 5) is 16.2. The molecule has 1 aromatic carbocycles. The van der Waals surface area contributed by atoms with Crippen LogP contribution in [0.5, 0.6) is 0 Å². The Morgan fingerprint density at radius 1 is 1.04 bits per heavy atom. The third-order valence-corrected chi connectivity index (χ3v) is 3.21. The van der Waals surface area contributed by atoms with E-state index in [0.717, 1.165) is 11.4 Å². The number of nitrogens with one attached hydrogen (secondary N) is 2. The van der Waals surface area contributed by atoms with E-state index in [1.165, 1.54) is 5.56 Å². The number of anilines is 3. The maximum Gasteiger partial charge on any atom is 0.275 e. The third kappa shape index (κ3) is 3.74. The number of amides is 1. The Hall–Kier alpha value is -3.15. The molecule has 3 aromatic rings. The van der Waals surface area contributed by atoms with E-state index in [4.69, 9.17) is 4.52 Å². The van der Waals surface area contributed by atoms with Crippen LogP contribution >= 0.6 is 0 Å². The fourth-order valence-electron chi connectivity index (χ4n) is 2.01. The molecule has 6 nitrogen and oxygen atoms in total. The second-order valence-electron chi connectivity index (χ2n) is 5.20. The highest BCUT2D eigenvalue weighted by molar-refractivity contribution is 6.02. The van der Waals surface area contributed by atoms with Crippen LogP contribution in [0.3, 0.4) is 0 Å². The number of carbonyl (C=O) groups excluding carboxylic acids is 1. The van der Waals surface area contributed by atoms with E-state index in [9.17, 15) is 4.79 Å².